The lowest BCUT2D eigenvalue weighted by atomic mass is 9.67. The largest absolute Gasteiger partial charge is 0.508 e. The summed E-state index contributed by atoms with van der Waals surface area (Å²) in [6.07, 6.45) is 9.52. The van der Waals surface area contributed by atoms with Gasteiger partial charge in [0, 0.05) is 17.4 Å². The third kappa shape index (κ3) is 4.05. The van der Waals surface area contributed by atoms with Crippen LogP contribution in [0.1, 0.15) is 103 Å². The van der Waals surface area contributed by atoms with E-state index in [0.717, 1.165) is 24.2 Å². The Morgan fingerprint density at radius 3 is 2.67 bits per heavy atom. The van der Waals surface area contributed by atoms with Gasteiger partial charge in [0.05, 0.1) is 0 Å². The molecule has 1 aromatic carbocycles. The number of fused-ring (bicyclic) bond motifs is 3. The fraction of sp³-hybridized carbons (Fsp3) is 0.680. The molecular formula is C25H38O2. The van der Waals surface area contributed by atoms with Crippen molar-refractivity contribution in [2.24, 2.45) is 11.8 Å². The molecule has 1 heterocycles. The van der Waals surface area contributed by atoms with E-state index in [0.29, 0.717) is 29.4 Å². The number of rotatable bonds is 6. The summed E-state index contributed by atoms with van der Waals surface area (Å²) >= 11 is 0. The summed E-state index contributed by atoms with van der Waals surface area (Å²) in [4.78, 5) is 0. The number of phenols is 1. The van der Waals surface area contributed by atoms with Crippen LogP contribution in [0.15, 0.2) is 23.8 Å². The highest BCUT2D eigenvalue weighted by Crippen LogP contribution is 2.54. The van der Waals surface area contributed by atoms with Gasteiger partial charge < -0.3 is 9.84 Å². The van der Waals surface area contributed by atoms with Crippen molar-refractivity contribution in [3.05, 3.63) is 34.9 Å². The molecule has 0 saturated heterocycles. The van der Waals surface area contributed by atoms with Crippen LogP contribution in [0.3, 0.4) is 0 Å². The molecule has 1 N–H and O–H groups in total. The van der Waals surface area contributed by atoms with Crippen molar-refractivity contribution in [1.82, 2.24) is 0 Å². The monoisotopic (exact) mass is 370 g/mol. The van der Waals surface area contributed by atoms with E-state index in [1.165, 1.54) is 36.8 Å². The molecule has 150 valence electrons. The standard InChI is InChI=1S/C25H38O2/c1-7-8-9-10-17(3)18(4)19-14-22(26)24-20-13-16(2)11-12-21(20)25(5,6)27-23(24)15-19/h11,14-15,17-18,20-21,26H,7-10,12-13H2,1-6H3/t17?,18?,20?,21-/m1/s1. The van der Waals surface area contributed by atoms with Crippen LogP contribution in [0, 0.1) is 11.8 Å². The normalized spacial score (nSPS) is 25.6. The Morgan fingerprint density at radius 2 is 1.96 bits per heavy atom. The van der Waals surface area contributed by atoms with E-state index in [2.05, 4.69) is 53.7 Å². The molecule has 0 saturated carbocycles. The second-order valence-electron chi connectivity index (χ2n) is 9.62. The Morgan fingerprint density at radius 1 is 1.22 bits per heavy atom. The average Bonchev–Trinajstić information content (AvgIpc) is 2.59. The molecule has 2 aliphatic rings. The van der Waals surface area contributed by atoms with Gasteiger partial charge >= 0.3 is 0 Å². The van der Waals surface area contributed by atoms with E-state index in [1.807, 2.05) is 6.07 Å². The predicted octanol–water partition coefficient (Wildman–Crippen LogP) is 7.32. The molecule has 0 radical (unpaired) electrons. The molecule has 3 rings (SSSR count). The molecule has 0 spiro atoms. The summed E-state index contributed by atoms with van der Waals surface area (Å²) in [5.41, 5.74) is 3.49. The molecule has 2 nitrogen and oxygen atoms in total. The van der Waals surface area contributed by atoms with E-state index in [-0.39, 0.29) is 5.60 Å². The first-order valence-corrected chi connectivity index (χ1v) is 11.0. The number of ether oxygens (including phenoxy) is 1. The Kier molecular flexibility index (Phi) is 5.93. The van der Waals surface area contributed by atoms with Gasteiger partial charge in [0.15, 0.2) is 0 Å². The number of aromatic hydroxyl groups is 1. The van der Waals surface area contributed by atoms with E-state index in [1.54, 1.807) is 0 Å². The average molecular weight is 371 g/mol. The zero-order chi connectivity index (χ0) is 19.8. The maximum absolute atomic E-state index is 11.0. The first-order valence-electron chi connectivity index (χ1n) is 11.0. The fourth-order valence-corrected chi connectivity index (χ4v) is 5.14. The molecule has 3 unspecified atom stereocenters. The van der Waals surface area contributed by atoms with Crippen molar-refractivity contribution in [3.8, 4) is 11.5 Å². The summed E-state index contributed by atoms with van der Waals surface area (Å²) in [5.74, 6) is 3.18. The zero-order valence-electron chi connectivity index (χ0n) is 18.1. The van der Waals surface area contributed by atoms with Crippen LogP contribution in [0.5, 0.6) is 11.5 Å². The molecule has 0 bridgehead atoms. The van der Waals surface area contributed by atoms with Gasteiger partial charge in [-0.3, -0.25) is 0 Å². The van der Waals surface area contributed by atoms with E-state index >= 15 is 0 Å². The Labute approximate surface area is 166 Å². The minimum Gasteiger partial charge on any atom is -0.508 e. The number of phenolic OH excluding ortho intramolecular Hbond substituents is 1. The van der Waals surface area contributed by atoms with Crippen LogP contribution in [0.2, 0.25) is 0 Å². The molecule has 1 aliphatic heterocycles. The minimum absolute atomic E-state index is 0.199. The highest BCUT2D eigenvalue weighted by atomic mass is 16.5. The second kappa shape index (κ2) is 7.89. The summed E-state index contributed by atoms with van der Waals surface area (Å²) < 4.78 is 6.48. The van der Waals surface area contributed by atoms with E-state index < -0.39 is 0 Å². The van der Waals surface area contributed by atoms with Crippen LogP contribution < -0.4 is 4.74 Å². The summed E-state index contributed by atoms with van der Waals surface area (Å²) in [6.45, 7) is 13.5. The highest BCUT2D eigenvalue weighted by Gasteiger charge is 2.45. The van der Waals surface area contributed by atoms with Gasteiger partial charge in [-0.15, -0.1) is 0 Å². The molecule has 0 amide bonds. The van der Waals surface area contributed by atoms with Crippen LogP contribution in [0.25, 0.3) is 0 Å². The lowest BCUT2D eigenvalue weighted by Gasteiger charge is -2.47. The first kappa shape index (κ1) is 20.3. The Balaban J connectivity index is 1.91. The van der Waals surface area contributed by atoms with E-state index in [9.17, 15) is 5.11 Å². The van der Waals surface area contributed by atoms with Crippen LogP contribution >= 0.6 is 0 Å². The molecular weight excluding hydrogens is 332 g/mol. The second-order valence-corrected chi connectivity index (χ2v) is 9.62. The maximum atomic E-state index is 11.0. The molecule has 1 aliphatic carbocycles. The Bertz CT molecular complexity index is 701. The van der Waals surface area contributed by atoms with Gasteiger partial charge in [-0.25, -0.2) is 0 Å². The summed E-state index contributed by atoms with van der Waals surface area (Å²) in [6, 6.07) is 4.24. The van der Waals surface area contributed by atoms with Gasteiger partial charge in [0.1, 0.15) is 17.1 Å². The lowest BCUT2D eigenvalue weighted by Crippen LogP contribution is -2.45. The number of benzene rings is 1. The van der Waals surface area contributed by atoms with Crippen LogP contribution in [0.4, 0.5) is 0 Å². The molecule has 1 aromatic rings. The summed E-state index contributed by atoms with van der Waals surface area (Å²) in [5, 5.41) is 11.0. The van der Waals surface area contributed by atoms with Crippen molar-refractivity contribution >= 4 is 0 Å². The predicted molar refractivity (Wildman–Crippen MR) is 114 cm³/mol. The minimum atomic E-state index is -0.199. The van der Waals surface area contributed by atoms with Gasteiger partial charge in [-0.2, -0.15) is 0 Å². The van der Waals surface area contributed by atoms with Crippen molar-refractivity contribution in [2.45, 2.75) is 97.5 Å². The van der Waals surface area contributed by atoms with Crippen molar-refractivity contribution in [3.63, 3.8) is 0 Å². The maximum Gasteiger partial charge on any atom is 0.127 e. The zero-order valence-corrected chi connectivity index (χ0v) is 18.1. The molecule has 4 atom stereocenters. The SMILES string of the molecule is CCCCCC(C)C(C)c1cc(O)c2c(c1)OC(C)(C)[C@@H]1CC=C(C)CC21. The van der Waals surface area contributed by atoms with Crippen molar-refractivity contribution in [2.75, 3.05) is 0 Å². The first-order chi connectivity index (χ1) is 12.7. The van der Waals surface area contributed by atoms with Crippen LogP contribution in [-0.2, 0) is 0 Å². The Hall–Kier alpha value is -1.44. The topological polar surface area (TPSA) is 29.5 Å². The lowest BCUT2D eigenvalue weighted by molar-refractivity contribution is 0.00747. The quantitative estimate of drug-likeness (QED) is 0.420. The van der Waals surface area contributed by atoms with Crippen molar-refractivity contribution < 1.29 is 9.84 Å². The highest BCUT2D eigenvalue weighted by molar-refractivity contribution is 5.53. The third-order valence-corrected chi connectivity index (χ3v) is 7.17. The van der Waals surface area contributed by atoms with E-state index in [4.69, 9.17) is 4.74 Å². The smallest absolute Gasteiger partial charge is 0.127 e. The molecule has 0 aromatic heterocycles. The number of hydrogen-bond donors (Lipinski definition) is 1. The fourth-order valence-electron chi connectivity index (χ4n) is 5.14. The molecule has 0 fully saturated rings. The number of unbranched alkanes of at least 4 members (excludes halogenated alkanes) is 2. The summed E-state index contributed by atoms with van der Waals surface area (Å²) in [7, 11) is 0. The number of allylic oxidation sites excluding steroid dienone is 2. The van der Waals surface area contributed by atoms with Gasteiger partial charge in [-0.1, -0.05) is 58.1 Å². The van der Waals surface area contributed by atoms with Crippen molar-refractivity contribution in [1.29, 1.82) is 0 Å². The third-order valence-electron chi connectivity index (χ3n) is 7.17. The number of hydrogen-bond acceptors (Lipinski definition) is 2. The molecule has 27 heavy (non-hydrogen) atoms. The molecule has 2 heteroatoms. The van der Waals surface area contributed by atoms with Gasteiger partial charge in [-0.05, 0) is 63.1 Å². The van der Waals surface area contributed by atoms with Gasteiger partial charge in [0.25, 0.3) is 0 Å². The van der Waals surface area contributed by atoms with Gasteiger partial charge in [0.2, 0.25) is 0 Å². The van der Waals surface area contributed by atoms with Crippen LogP contribution in [-0.4, -0.2) is 10.7 Å².